The number of nitrogens with two attached hydrogens (primary N) is 1. The first kappa shape index (κ1) is 21.2. The Hall–Kier alpha value is -3.01. The lowest BCUT2D eigenvalue weighted by Crippen LogP contribution is -2.16. The van der Waals surface area contributed by atoms with E-state index in [4.69, 9.17) is 28.9 Å². The Balaban J connectivity index is 1.80. The van der Waals surface area contributed by atoms with Crippen LogP contribution in [0.15, 0.2) is 59.6 Å². The fraction of sp³-hybridized carbons (Fsp3) is 0. The molecule has 0 radical (unpaired) electrons. The van der Waals surface area contributed by atoms with Crippen LogP contribution >= 0.6 is 23.2 Å². The molecule has 4 aromatic rings. The van der Waals surface area contributed by atoms with Gasteiger partial charge < -0.3 is 5.73 Å². The van der Waals surface area contributed by atoms with Gasteiger partial charge in [0, 0.05) is 22.2 Å². The highest BCUT2D eigenvalue weighted by atomic mass is 35.5. The van der Waals surface area contributed by atoms with Crippen molar-refractivity contribution < 1.29 is 17.2 Å². The van der Waals surface area contributed by atoms with E-state index in [2.05, 4.69) is 9.97 Å². The van der Waals surface area contributed by atoms with Crippen molar-refractivity contribution >= 4 is 55.8 Å². The number of nitrogens with one attached hydrogen (secondary N) is 1. The summed E-state index contributed by atoms with van der Waals surface area (Å²) in [6.45, 7) is 0. The highest BCUT2D eigenvalue weighted by Gasteiger charge is 2.24. The van der Waals surface area contributed by atoms with Gasteiger partial charge in [-0.15, -0.1) is 0 Å². The number of hydrogen-bond donors (Lipinski definition) is 2. The third kappa shape index (κ3) is 4.12. The average molecular weight is 481 g/mol. The molecule has 0 unspecified atom stereocenters. The number of hydrogen-bond acceptors (Lipinski definition) is 5. The molecule has 1 heterocycles. The van der Waals surface area contributed by atoms with E-state index in [1.54, 1.807) is 18.2 Å². The van der Waals surface area contributed by atoms with Crippen LogP contribution in [0.1, 0.15) is 0 Å². The largest absolute Gasteiger partial charge is 0.368 e. The summed E-state index contributed by atoms with van der Waals surface area (Å²) in [4.78, 5) is 7.54. The van der Waals surface area contributed by atoms with E-state index in [-0.39, 0.29) is 21.6 Å². The first-order valence-electron chi connectivity index (χ1n) is 8.64. The van der Waals surface area contributed by atoms with Crippen LogP contribution in [0.3, 0.4) is 0 Å². The third-order valence-electron chi connectivity index (χ3n) is 4.42. The molecule has 0 atom stereocenters. The van der Waals surface area contributed by atoms with Crippen molar-refractivity contribution in [2.75, 3.05) is 10.5 Å². The Morgan fingerprint density at radius 1 is 1.00 bits per heavy atom. The van der Waals surface area contributed by atoms with Crippen molar-refractivity contribution in [1.29, 1.82) is 0 Å². The number of anilines is 2. The first-order chi connectivity index (χ1) is 14.7. The van der Waals surface area contributed by atoms with Gasteiger partial charge in [0.05, 0.1) is 10.5 Å². The van der Waals surface area contributed by atoms with Crippen LogP contribution in [-0.4, -0.2) is 18.4 Å². The maximum absolute atomic E-state index is 15.2. The first-order valence-corrected chi connectivity index (χ1v) is 10.9. The third-order valence-corrected chi connectivity index (χ3v) is 6.49. The molecule has 1 aromatic heterocycles. The summed E-state index contributed by atoms with van der Waals surface area (Å²) in [5, 5.41) is 0.518. The molecule has 158 valence electrons. The molecule has 0 aliphatic rings. The van der Waals surface area contributed by atoms with Gasteiger partial charge in [0.25, 0.3) is 10.0 Å². The topological polar surface area (TPSA) is 98.0 Å². The smallest absolute Gasteiger partial charge is 0.263 e. The second kappa shape index (κ2) is 7.92. The van der Waals surface area contributed by atoms with E-state index in [9.17, 15) is 12.8 Å². The Morgan fingerprint density at radius 2 is 1.77 bits per heavy atom. The molecule has 0 bridgehead atoms. The fourth-order valence-electron chi connectivity index (χ4n) is 2.96. The van der Waals surface area contributed by atoms with Crippen LogP contribution in [0.5, 0.6) is 0 Å². The summed E-state index contributed by atoms with van der Waals surface area (Å²) in [7, 11) is -4.43. The van der Waals surface area contributed by atoms with Crippen molar-refractivity contribution in [3.63, 3.8) is 0 Å². The van der Waals surface area contributed by atoms with Crippen LogP contribution in [0.2, 0.25) is 10.0 Å². The molecule has 0 spiro atoms. The highest BCUT2D eigenvalue weighted by Crippen LogP contribution is 2.34. The number of fused-ring (bicyclic) bond motifs is 1. The van der Waals surface area contributed by atoms with Crippen molar-refractivity contribution in [3.05, 3.63) is 76.4 Å². The zero-order valence-electron chi connectivity index (χ0n) is 15.4. The number of sulfonamides is 1. The maximum Gasteiger partial charge on any atom is 0.263 e. The molecule has 0 saturated heterocycles. The van der Waals surface area contributed by atoms with Gasteiger partial charge in [-0.3, -0.25) is 4.72 Å². The second-order valence-corrected chi connectivity index (χ2v) is 8.96. The van der Waals surface area contributed by atoms with Gasteiger partial charge in [0.2, 0.25) is 5.95 Å². The molecule has 0 aliphatic heterocycles. The summed E-state index contributed by atoms with van der Waals surface area (Å²) in [5.74, 6) is -2.11. The molecular weight excluding hydrogens is 469 g/mol. The Bertz CT molecular complexity index is 1450. The molecule has 31 heavy (non-hydrogen) atoms. The zero-order chi connectivity index (χ0) is 22.3. The lowest BCUT2D eigenvalue weighted by atomic mass is 10.0. The van der Waals surface area contributed by atoms with Gasteiger partial charge in [-0.2, -0.15) is 0 Å². The second-order valence-electron chi connectivity index (χ2n) is 6.47. The van der Waals surface area contributed by atoms with E-state index < -0.39 is 32.2 Å². The maximum atomic E-state index is 15.2. The molecule has 0 aliphatic carbocycles. The fourth-order valence-corrected chi connectivity index (χ4v) is 4.79. The number of nitrogen functional groups attached to an aromatic ring is 1. The van der Waals surface area contributed by atoms with E-state index in [0.29, 0.717) is 16.5 Å². The van der Waals surface area contributed by atoms with Gasteiger partial charge in [0.15, 0.2) is 5.82 Å². The van der Waals surface area contributed by atoms with Crippen molar-refractivity contribution in [3.8, 4) is 11.1 Å². The molecule has 6 nitrogen and oxygen atoms in total. The van der Waals surface area contributed by atoms with Crippen molar-refractivity contribution in [2.45, 2.75) is 4.90 Å². The Labute approximate surface area is 185 Å². The lowest BCUT2D eigenvalue weighted by Gasteiger charge is -2.14. The molecular formula is C20H12Cl2F2N4O2S. The van der Waals surface area contributed by atoms with Crippen molar-refractivity contribution in [2.24, 2.45) is 0 Å². The van der Waals surface area contributed by atoms with E-state index >= 15 is 4.39 Å². The monoisotopic (exact) mass is 480 g/mol. The van der Waals surface area contributed by atoms with E-state index in [1.165, 1.54) is 24.4 Å². The van der Waals surface area contributed by atoms with Crippen LogP contribution < -0.4 is 10.5 Å². The van der Waals surface area contributed by atoms with Gasteiger partial charge in [-0.25, -0.2) is 27.2 Å². The molecule has 0 fully saturated rings. The van der Waals surface area contributed by atoms with Gasteiger partial charge in [-0.05, 0) is 48.0 Å². The molecule has 3 N–H and O–H groups in total. The van der Waals surface area contributed by atoms with Gasteiger partial charge in [-0.1, -0.05) is 29.3 Å². The van der Waals surface area contributed by atoms with E-state index in [0.717, 1.165) is 12.1 Å². The summed E-state index contributed by atoms with van der Waals surface area (Å²) in [6.07, 6.45) is 1.47. The number of rotatable bonds is 4. The number of halogens is 4. The summed E-state index contributed by atoms with van der Waals surface area (Å²) < 4.78 is 57.0. The molecule has 11 heteroatoms. The lowest BCUT2D eigenvalue weighted by molar-refractivity contribution is 0.584. The van der Waals surface area contributed by atoms with Crippen LogP contribution in [0.25, 0.3) is 22.0 Å². The van der Waals surface area contributed by atoms with E-state index in [1.807, 2.05) is 4.72 Å². The summed E-state index contributed by atoms with van der Waals surface area (Å²) >= 11 is 11.8. The number of nitrogens with zero attached hydrogens (tertiary/aromatic N) is 2. The van der Waals surface area contributed by atoms with Crippen LogP contribution in [0, 0.1) is 11.6 Å². The standard InChI is InChI=1S/C20H12Cl2F2N4O2S/c21-12-2-4-14(22)17(8-12)31(29,30)28-19-15(23)5-3-13(18(19)24)10-1-6-16-11(7-10)9-26-20(25)27-16/h1-9,28H,(H2,25,26,27). The molecule has 3 aromatic carbocycles. The summed E-state index contributed by atoms with van der Waals surface area (Å²) in [6, 6.07) is 10.6. The molecule has 0 saturated carbocycles. The Morgan fingerprint density at radius 3 is 2.55 bits per heavy atom. The highest BCUT2D eigenvalue weighted by molar-refractivity contribution is 7.92. The summed E-state index contributed by atoms with van der Waals surface area (Å²) in [5.41, 5.74) is 5.57. The zero-order valence-corrected chi connectivity index (χ0v) is 17.7. The van der Waals surface area contributed by atoms with Gasteiger partial charge in [0.1, 0.15) is 16.4 Å². The number of aromatic nitrogens is 2. The normalized spacial score (nSPS) is 11.6. The predicted molar refractivity (Wildman–Crippen MR) is 117 cm³/mol. The Kier molecular flexibility index (Phi) is 5.42. The SMILES string of the molecule is Nc1ncc2cc(-c3ccc(F)c(NS(=O)(=O)c4cc(Cl)ccc4Cl)c3F)ccc2n1. The minimum atomic E-state index is -4.43. The quantitative estimate of drug-likeness (QED) is 0.414. The van der Waals surface area contributed by atoms with Gasteiger partial charge >= 0.3 is 0 Å². The average Bonchev–Trinajstić information content (AvgIpc) is 2.72. The minimum Gasteiger partial charge on any atom is -0.368 e. The molecule has 4 rings (SSSR count). The predicted octanol–water partition coefficient (Wildman–Crippen LogP) is 5.26. The van der Waals surface area contributed by atoms with Crippen LogP contribution in [-0.2, 0) is 10.0 Å². The number of benzene rings is 3. The van der Waals surface area contributed by atoms with Crippen LogP contribution in [0.4, 0.5) is 20.4 Å². The molecule has 0 amide bonds. The van der Waals surface area contributed by atoms with Crippen molar-refractivity contribution in [1.82, 2.24) is 9.97 Å². The minimum absolute atomic E-state index is 0.0324.